The molecule has 2 rings (SSSR count). The summed E-state index contributed by atoms with van der Waals surface area (Å²) in [6.45, 7) is 2.41. The summed E-state index contributed by atoms with van der Waals surface area (Å²) in [6, 6.07) is 11.3. The minimum atomic E-state index is -4.37. The highest BCUT2D eigenvalue weighted by Crippen LogP contribution is 2.31. The maximum absolute atomic E-state index is 12.5. The predicted octanol–water partition coefficient (Wildman–Crippen LogP) is 4.19. The molecule has 1 atom stereocenters. The van der Waals surface area contributed by atoms with Crippen LogP contribution < -0.4 is 4.74 Å². The van der Waals surface area contributed by atoms with Gasteiger partial charge in [0.05, 0.1) is 12.2 Å². The highest BCUT2D eigenvalue weighted by atomic mass is 19.4. The molecule has 0 spiro atoms. The van der Waals surface area contributed by atoms with Gasteiger partial charge in [-0.15, -0.1) is 0 Å². The molecule has 0 saturated carbocycles. The molecular formula is C16H15F3O2. The van der Waals surface area contributed by atoms with Crippen LogP contribution >= 0.6 is 0 Å². The zero-order chi connectivity index (χ0) is 15.5. The molecule has 112 valence electrons. The molecular weight excluding hydrogens is 281 g/mol. The lowest BCUT2D eigenvalue weighted by atomic mass is 10.0. The Labute approximate surface area is 120 Å². The van der Waals surface area contributed by atoms with E-state index in [0.29, 0.717) is 23.5 Å². The molecule has 0 radical (unpaired) electrons. The van der Waals surface area contributed by atoms with Gasteiger partial charge in [0.2, 0.25) is 0 Å². The Morgan fingerprint density at radius 2 is 1.43 bits per heavy atom. The van der Waals surface area contributed by atoms with E-state index in [2.05, 4.69) is 0 Å². The average Bonchev–Trinajstić information content (AvgIpc) is 2.47. The van der Waals surface area contributed by atoms with Gasteiger partial charge >= 0.3 is 6.18 Å². The topological polar surface area (TPSA) is 29.5 Å². The van der Waals surface area contributed by atoms with Gasteiger partial charge in [0.15, 0.2) is 0 Å². The van der Waals surface area contributed by atoms with Gasteiger partial charge in [0, 0.05) is 0 Å². The Hall–Kier alpha value is -2.01. The third-order valence-corrected chi connectivity index (χ3v) is 3.06. The van der Waals surface area contributed by atoms with Crippen LogP contribution in [0.4, 0.5) is 13.2 Å². The van der Waals surface area contributed by atoms with Crippen molar-refractivity contribution in [2.24, 2.45) is 0 Å². The molecule has 0 amide bonds. The zero-order valence-corrected chi connectivity index (χ0v) is 11.4. The van der Waals surface area contributed by atoms with Crippen molar-refractivity contribution >= 4 is 0 Å². The fraction of sp³-hybridized carbons (Fsp3) is 0.250. The van der Waals surface area contributed by atoms with Gasteiger partial charge in [-0.1, -0.05) is 24.3 Å². The third-order valence-electron chi connectivity index (χ3n) is 3.06. The summed E-state index contributed by atoms with van der Waals surface area (Å²) in [5.74, 6) is 0.681. The summed E-state index contributed by atoms with van der Waals surface area (Å²) in [7, 11) is 0. The normalized spacial score (nSPS) is 13.0. The SMILES string of the molecule is CCOc1ccc(C(O)c2ccc(C(F)(F)F)cc2)cc1. The van der Waals surface area contributed by atoms with Gasteiger partial charge in [-0.05, 0) is 42.3 Å². The van der Waals surface area contributed by atoms with E-state index in [1.807, 2.05) is 6.92 Å². The van der Waals surface area contributed by atoms with Crippen LogP contribution in [0.1, 0.15) is 29.7 Å². The molecule has 1 N–H and O–H groups in total. The van der Waals surface area contributed by atoms with Gasteiger partial charge < -0.3 is 9.84 Å². The largest absolute Gasteiger partial charge is 0.494 e. The number of ether oxygens (including phenoxy) is 1. The highest BCUT2D eigenvalue weighted by Gasteiger charge is 2.30. The minimum Gasteiger partial charge on any atom is -0.494 e. The first-order valence-electron chi connectivity index (χ1n) is 6.50. The standard InChI is InChI=1S/C16H15F3O2/c1-2-21-14-9-5-12(6-10-14)15(20)11-3-7-13(8-4-11)16(17,18)19/h3-10,15,20H,2H2,1H3. The lowest BCUT2D eigenvalue weighted by molar-refractivity contribution is -0.137. The average molecular weight is 296 g/mol. The predicted molar refractivity (Wildman–Crippen MR) is 73.1 cm³/mol. The second-order valence-corrected chi connectivity index (χ2v) is 4.52. The van der Waals surface area contributed by atoms with Crippen LogP contribution in [0.5, 0.6) is 5.75 Å². The number of benzene rings is 2. The number of aliphatic hydroxyl groups is 1. The van der Waals surface area contributed by atoms with Gasteiger partial charge in [-0.2, -0.15) is 13.2 Å². The number of alkyl halides is 3. The maximum Gasteiger partial charge on any atom is 0.416 e. The second kappa shape index (κ2) is 6.18. The van der Waals surface area contributed by atoms with Crippen molar-refractivity contribution in [2.75, 3.05) is 6.61 Å². The Balaban J connectivity index is 2.17. The molecule has 2 nitrogen and oxygen atoms in total. The van der Waals surface area contributed by atoms with E-state index in [1.54, 1.807) is 24.3 Å². The van der Waals surface area contributed by atoms with E-state index in [4.69, 9.17) is 4.74 Å². The van der Waals surface area contributed by atoms with Crippen molar-refractivity contribution < 1.29 is 23.0 Å². The fourth-order valence-electron chi connectivity index (χ4n) is 1.96. The van der Waals surface area contributed by atoms with E-state index in [1.165, 1.54) is 12.1 Å². The highest BCUT2D eigenvalue weighted by molar-refractivity contribution is 5.35. The third kappa shape index (κ3) is 3.76. The summed E-state index contributed by atoms with van der Waals surface area (Å²) in [6.07, 6.45) is -5.34. The summed E-state index contributed by atoms with van der Waals surface area (Å²) >= 11 is 0. The van der Waals surface area contributed by atoms with Crippen LogP contribution in [0.15, 0.2) is 48.5 Å². The minimum absolute atomic E-state index is 0.409. The summed E-state index contributed by atoms with van der Waals surface area (Å²) < 4.78 is 42.7. The van der Waals surface area contributed by atoms with Crippen LogP contribution in [0.3, 0.4) is 0 Å². The Kier molecular flexibility index (Phi) is 4.53. The molecule has 1 unspecified atom stereocenters. The van der Waals surface area contributed by atoms with Gasteiger partial charge in [-0.3, -0.25) is 0 Å². The Bertz CT molecular complexity index is 574. The van der Waals surface area contributed by atoms with Crippen molar-refractivity contribution in [3.05, 3.63) is 65.2 Å². The lowest BCUT2D eigenvalue weighted by Crippen LogP contribution is -2.06. The first-order valence-corrected chi connectivity index (χ1v) is 6.50. The lowest BCUT2D eigenvalue weighted by Gasteiger charge is -2.13. The molecule has 2 aromatic carbocycles. The number of aliphatic hydroxyl groups excluding tert-OH is 1. The first-order chi connectivity index (χ1) is 9.91. The molecule has 0 fully saturated rings. The van der Waals surface area contributed by atoms with Crippen LogP contribution in [0.25, 0.3) is 0 Å². The maximum atomic E-state index is 12.5. The van der Waals surface area contributed by atoms with Crippen molar-refractivity contribution in [1.29, 1.82) is 0 Å². The van der Waals surface area contributed by atoms with Crippen LogP contribution in [-0.4, -0.2) is 11.7 Å². The number of hydrogen-bond donors (Lipinski definition) is 1. The monoisotopic (exact) mass is 296 g/mol. The molecule has 0 saturated heterocycles. The zero-order valence-electron chi connectivity index (χ0n) is 11.4. The number of halogens is 3. The molecule has 0 bridgehead atoms. The molecule has 0 aliphatic heterocycles. The van der Waals surface area contributed by atoms with E-state index in [-0.39, 0.29) is 0 Å². The molecule has 2 aromatic rings. The summed E-state index contributed by atoms with van der Waals surface area (Å²) in [5.41, 5.74) is 0.274. The Morgan fingerprint density at radius 3 is 1.86 bits per heavy atom. The molecule has 0 aliphatic carbocycles. The quantitative estimate of drug-likeness (QED) is 0.917. The van der Waals surface area contributed by atoms with E-state index < -0.39 is 17.8 Å². The smallest absolute Gasteiger partial charge is 0.416 e. The van der Waals surface area contributed by atoms with Gasteiger partial charge in [0.25, 0.3) is 0 Å². The number of hydrogen-bond acceptors (Lipinski definition) is 2. The van der Waals surface area contributed by atoms with Crippen molar-refractivity contribution in [3.63, 3.8) is 0 Å². The molecule has 21 heavy (non-hydrogen) atoms. The fourth-order valence-corrected chi connectivity index (χ4v) is 1.96. The van der Waals surface area contributed by atoms with E-state index in [9.17, 15) is 18.3 Å². The molecule has 0 heterocycles. The van der Waals surface area contributed by atoms with Gasteiger partial charge in [-0.25, -0.2) is 0 Å². The van der Waals surface area contributed by atoms with Crippen molar-refractivity contribution in [3.8, 4) is 5.75 Å². The summed E-state index contributed by atoms with van der Waals surface area (Å²) in [5, 5.41) is 10.2. The Morgan fingerprint density at radius 1 is 0.952 bits per heavy atom. The van der Waals surface area contributed by atoms with E-state index >= 15 is 0 Å². The van der Waals surface area contributed by atoms with E-state index in [0.717, 1.165) is 12.1 Å². The van der Waals surface area contributed by atoms with Crippen LogP contribution in [0.2, 0.25) is 0 Å². The first kappa shape index (κ1) is 15.4. The van der Waals surface area contributed by atoms with Crippen LogP contribution in [-0.2, 0) is 6.18 Å². The molecule has 0 aromatic heterocycles. The number of rotatable bonds is 4. The van der Waals surface area contributed by atoms with Crippen molar-refractivity contribution in [1.82, 2.24) is 0 Å². The van der Waals surface area contributed by atoms with Gasteiger partial charge in [0.1, 0.15) is 11.9 Å². The second-order valence-electron chi connectivity index (χ2n) is 4.52. The van der Waals surface area contributed by atoms with Crippen molar-refractivity contribution in [2.45, 2.75) is 19.2 Å². The molecule has 0 aliphatic rings. The molecule has 5 heteroatoms. The van der Waals surface area contributed by atoms with Crippen LogP contribution in [0, 0.1) is 0 Å². The summed E-state index contributed by atoms with van der Waals surface area (Å²) in [4.78, 5) is 0.